The zero-order valence-corrected chi connectivity index (χ0v) is 23.7. The lowest BCUT2D eigenvalue weighted by Gasteiger charge is -2.70. The van der Waals surface area contributed by atoms with Crippen molar-refractivity contribution in [1.29, 1.82) is 0 Å². The van der Waals surface area contributed by atoms with Gasteiger partial charge in [-0.2, -0.15) is 0 Å². The highest BCUT2D eigenvalue weighted by Crippen LogP contribution is 2.75. The summed E-state index contributed by atoms with van der Waals surface area (Å²) in [5.74, 6) is 0.220. The van der Waals surface area contributed by atoms with Gasteiger partial charge in [-0.15, -0.1) is 0 Å². The van der Waals surface area contributed by atoms with E-state index < -0.39 is 11.5 Å². The van der Waals surface area contributed by atoms with E-state index in [2.05, 4.69) is 41.5 Å². The number of esters is 1. The Hall–Kier alpha value is -1.20. The smallest absolute Gasteiger partial charge is 0.314 e. The van der Waals surface area contributed by atoms with Crippen molar-refractivity contribution in [2.24, 2.45) is 50.2 Å². The second-order valence-electron chi connectivity index (χ2n) is 15.2. The van der Waals surface area contributed by atoms with Crippen LogP contribution in [0.15, 0.2) is 11.6 Å². The fourth-order valence-electron chi connectivity index (χ4n) is 10.7. The van der Waals surface area contributed by atoms with Gasteiger partial charge < -0.3 is 14.9 Å². The Balaban J connectivity index is 1.62. The molecule has 0 bridgehead atoms. The van der Waals surface area contributed by atoms with Crippen LogP contribution in [0.2, 0.25) is 0 Å². The number of ether oxygens (including phenoxy) is 1. The summed E-state index contributed by atoms with van der Waals surface area (Å²) >= 11 is 0. The molecule has 0 aromatic heterocycles. The maximum atomic E-state index is 14.3. The molecule has 0 radical (unpaired) electrons. The van der Waals surface area contributed by atoms with Crippen molar-refractivity contribution in [3.8, 4) is 0 Å². The third kappa shape index (κ3) is 3.02. The number of ketones is 1. The molecule has 0 unspecified atom stereocenters. The number of fused-ring (bicyclic) bond motifs is 7. The minimum atomic E-state index is -0.966. The fraction of sp³-hybridized carbons (Fsp3) is 0.871. The summed E-state index contributed by atoms with van der Waals surface area (Å²) in [5, 5.41) is 22.0. The average Bonchev–Trinajstić information content (AvgIpc) is 2.79. The lowest BCUT2D eigenvalue weighted by Crippen LogP contribution is -2.67. The van der Waals surface area contributed by atoms with E-state index in [0.717, 1.165) is 38.5 Å². The predicted octanol–water partition coefficient (Wildman–Crippen LogP) is 5.47. The number of methoxy groups -OCH3 is 1. The van der Waals surface area contributed by atoms with Gasteiger partial charge in [0, 0.05) is 5.92 Å². The minimum Gasteiger partial charge on any atom is -0.469 e. The van der Waals surface area contributed by atoms with Gasteiger partial charge in [0.05, 0.1) is 24.7 Å². The van der Waals surface area contributed by atoms with Gasteiger partial charge in [0.25, 0.3) is 0 Å². The monoisotopic (exact) mass is 500 g/mol. The Morgan fingerprint density at radius 1 is 0.917 bits per heavy atom. The molecule has 0 amide bonds. The molecule has 0 heterocycles. The van der Waals surface area contributed by atoms with Crippen LogP contribution in [0, 0.1) is 50.2 Å². The highest BCUT2D eigenvalue weighted by Gasteiger charge is 2.70. The van der Waals surface area contributed by atoms with E-state index in [-0.39, 0.29) is 56.8 Å². The van der Waals surface area contributed by atoms with Crippen LogP contribution in [0.25, 0.3) is 0 Å². The molecular weight excluding hydrogens is 452 g/mol. The van der Waals surface area contributed by atoms with E-state index in [9.17, 15) is 19.8 Å². The highest BCUT2D eigenvalue weighted by molar-refractivity contribution is 5.95. The van der Waals surface area contributed by atoms with E-state index in [1.165, 1.54) is 12.7 Å². The SMILES string of the molecule is COC(=O)[C@@]1(C)C[C@@H]2C3=CC(=O)[C@H]4[C@@]5(C)CC[C@@H](O)C(C)(C)[C@H]5CC[C@@]4(C)[C@]3(C)CC[C@]2(C)C[C@H]1O. The summed E-state index contributed by atoms with van der Waals surface area (Å²) in [5.41, 5.74) is -0.528. The number of carbonyl (C=O) groups excluding carboxylic acids is 2. The number of rotatable bonds is 1. The highest BCUT2D eigenvalue weighted by atomic mass is 16.5. The number of aliphatic hydroxyl groups is 2. The zero-order valence-electron chi connectivity index (χ0n) is 23.7. The van der Waals surface area contributed by atoms with Crippen LogP contribution in [0.4, 0.5) is 0 Å². The largest absolute Gasteiger partial charge is 0.469 e. The summed E-state index contributed by atoms with van der Waals surface area (Å²) in [6.45, 7) is 15.6. The quantitative estimate of drug-likeness (QED) is 0.466. The summed E-state index contributed by atoms with van der Waals surface area (Å²) in [4.78, 5) is 27.2. The van der Waals surface area contributed by atoms with Crippen molar-refractivity contribution in [1.82, 2.24) is 0 Å². The van der Waals surface area contributed by atoms with Crippen molar-refractivity contribution in [3.63, 3.8) is 0 Å². The van der Waals surface area contributed by atoms with Crippen molar-refractivity contribution in [2.45, 2.75) is 112 Å². The maximum absolute atomic E-state index is 14.3. The molecule has 5 nitrogen and oxygen atoms in total. The van der Waals surface area contributed by atoms with Crippen LogP contribution in [-0.4, -0.2) is 41.3 Å². The third-order valence-corrected chi connectivity index (χ3v) is 13.3. The predicted molar refractivity (Wildman–Crippen MR) is 139 cm³/mol. The molecule has 5 aliphatic rings. The fourth-order valence-corrected chi connectivity index (χ4v) is 10.7. The van der Waals surface area contributed by atoms with E-state index in [4.69, 9.17) is 4.74 Å². The molecule has 0 aromatic carbocycles. The molecule has 0 saturated heterocycles. The van der Waals surface area contributed by atoms with Gasteiger partial charge in [-0.25, -0.2) is 0 Å². The van der Waals surface area contributed by atoms with E-state index >= 15 is 0 Å². The molecule has 4 saturated carbocycles. The molecule has 10 atom stereocenters. The molecule has 36 heavy (non-hydrogen) atoms. The molecule has 0 aromatic rings. The first kappa shape index (κ1) is 26.4. The van der Waals surface area contributed by atoms with Gasteiger partial charge in [-0.05, 0) is 103 Å². The van der Waals surface area contributed by atoms with E-state index in [1.807, 2.05) is 13.0 Å². The van der Waals surface area contributed by atoms with Gasteiger partial charge in [-0.3, -0.25) is 9.59 Å². The van der Waals surface area contributed by atoms with Gasteiger partial charge in [0.2, 0.25) is 0 Å². The molecular formula is C31H48O5. The average molecular weight is 501 g/mol. The summed E-state index contributed by atoms with van der Waals surface area (Å²) in [7, 11) is 1.40. The molecule has 0 spiro atoms. The Morgan fingerprint density at radius 2 is 1.58 bits per heavy atom. The molecule has 5 rings (SSSR count). The van der Waals surface area contributed by atoms with Crippen molar-refractivity contribution in [2.75, 3.05) is 7.11 Å². The number of aliphatic hydroxyl groups excluding tert-OH is 2. The lowest BCUT2D eigenvalue weighted by molar-refractivity contribution is -0.205. The first-order chi connectivity index (χ1) is 16.5. The molecule has 5 heteroatoms. The lowest BCUT2D eigenvalue weighted by atomic mass is 9.33. The van der Waals surface area contributed by atoms with Gasteiger partial charge >= 0.3 is 5.97 Å². The molecule has 2 N–H and O–H groups in total. The Bertz CT molecular complexity index is 1010. The third-order valence-electron chi connectivity index (χ3n) is 13.3. The Kier molecular flexibility index (Phi) is 5.64. The molecule has 202 valence electrons. The second kappa shape index (κ2) is 7.68. The number of hydrogen-bond acceptors (Lipinski definition) is 5. The topological polar surface area (TPSA) is 83.8 Å². The Morgan fingerprint density at radius 3 is 2.22 bits per heavy atom. The summed E-state index contributed by atoms with van der Waals surface area (Å²) in [6.07, 6.45) is 7.65. The van der Waals surface area contributed by atoms with Crippen LogP contribution in [-0.2, 0) is 14.3 Å². The van der Waals surface area contributed by atoms with Crippen LogP contribution in [0.1, 0.15) is 99.8 Å². The van der Waals surface area contributed by atoms with E-state index in [1.54, 1.807) is 0 Å². The number of hydrogen-bond donors (Lipinski definition) is 2. The molecule has 4 fully saturated rings. The zero-order chi connectivity index (χ0) is 26.7. The minimum absolute atomic E-state index is 0.0604. The first-order valence-electron chi connectivity index (χ1n) is 14.2. The molecule has 0 aliphatic heterocycles. The van der Waals surface area contributed by atoms with Gasteiger partial charge in [0.15, 0.2) is 5.78 Å². The normalized spacial score (nSPS) is 53.8. The van der Waals surface area contributed by atoms with E-state index in [0.29, 0.717) is 18.8 Å². The standard InChI is InChI=1S/C31H48O5/c1-26(2)21-9-12-31(7)24(28(21,4)11-10-22(26)33)20(32)15-18-19-16-29(5,25(35)36-8)23(34)17-27(19,3)13-14-30(18,31)6/h15,19,21-24,33-34H,9-14,16-17H2,1-8H3/t19-,21-,22-,23-,24+,27-,28+,29+,30-,31-/m1/s1. The summed E-state index contributed by atoms with van der Waals surface area (Å²) in [6, 6.07) is 0. The van der Waals surface area contributed by atoms with Crippen molar-refractivity contribution >= 4 is 11.8 Å². The molecule has 5 aliphatic carbocycles. The van der Waals surface area contributed by atoms with Crippen LogP contribution in [0.3, 0.4) is 0 Å². The number of allylic oxidation sites excluding steroid dienone is 2. The van der Waals surface area contributed by atoms with Crippen LogP contribution in [0.5, 0.6) is 0 Å². The maximum Gasteiger partial charge on any atom is 0.314 e. The van der Waals surface area contributed by atoms with Crippen molar-refractivity contribution in [3.05, 3.63) is 11.6 Å². The van der Waals surface area contributed by atoms with Crippen LogP contribution < -0.4 is 0 Å². The van der Waals surface area contributed by atoms with Crippen LogP contribution >= 0.6 is 0 Å². The number of carbonyl (C=O) groups is 2. The van der Waals surface area contributed by atoms with Gasteiger partial charge in [-0.1, -0.05) is 47.1 Å². The first-order valence-corrected chi connectivity index (χ1v) is 14.2. The Labute approximate surface area is 217 Å². The van der Waals surface area contributed by atoms with Crippen molar-refractivity contribution < 1.29 is 24.5 Å². The second-order valence-corrected chi connectivity index (χ2v) is 15.2. The summed E-state index contributed by atoms with van der Waals surface area (Å²) < 4.78 is 5.16. The van der Waals surface area contributed by atoms with Gasteiger partial charge in [0.1, 0.15) is 0 Å².